The van der Waals surface area contributed by atoms with E-state index in [2.05, 4.69) is 5.10 Å². The van der Waals surface area contributed by atoms with Crippen molar-refractivity contribution in [1.29, 1.82) is 0 Å². The summed E-state index contributed by atoms with van der Waals surface area (Å²) in [5, 5.41) is 7.84. The Morgan fingerprint density at radius 3 is 2.53 bits per heavy atom. The number of para-hydroxylation sites is 1. The van der Waals surface area contributed by atoms with Gasteiger partial charge in [0.2, 0.25) is 11.7 Å². The summed E-state index contributed by atoms with van der Waals surface area (Å²) in [4.78, 5) is 39.3. The van der Waals surface area contributed by atoms with Gasteiger partial charge in [0, 0.05) is 17.5 Å². The first-order valence-electron chi connectivity index (χ1n) is 10.5. The molecule has 3 aromatic carbocycles. The minimum absolute atomic E-state index is 0.127. The van der Waals surface area contributed by atoms with Crippen molar-refractivity contribution in [3.05, 3.63) is 94.3 Å². The summed E-state index contributed by atoms with van der Waals surface area (Å²) in [5.74, 6) is -1.18. The molecule has 6 nitrogen and oxygen atoms in total. The van der Waals surface area contributed by atoms with E-state index in [9.17, 15) is 14.4 Å². The van der Waals surface area contributed by atoms with Crippen molar-refractivity contribution in [3.63, 3.8) is 0 Å². The molecule has 32 heavy (non-hydrogen) atoms. The molecule has 1 amide bonds. The lowest BCUT2D eigenvalue weighted by molar-refractivity contribution is -0.130. The molecular weight excluding hydrogens is 404 g/mol. The summed E-state index contributed by atoms with van der Waals surface area (Å²) < 4.78 is 5.69. The van der Waals surface area contributed by atoms with Gasteiger partial charge in [-0.05, 0) is 22.9 Å². The second-order valence-electron chi connectivity index (χ2n) is 7.74. The third-order valence-electron chi connectivity index (χ3n) is 5.85. The second kappa shape index (κ2) is 7.89. The van der Waals surface area contributed by atoms with Gasteiger partial charge in [-0.25, -0.2) is 5.01 Å². The van der Waals surface area contributed by atoms with Crippen LogP contribution >= 0.6 is 0 Å². The first-order chi connectivity index (χ1) is 15.6. The lowest BCUT2D eigenvalue weighted by Crippen LogP contribution is -2.28. The molecule has 0 saturated heterocycles. The van der Waals surface area contributed by atoms with E-state index >= 15 is 0 Å². The van der Waals surface area contributed by atoms with Gasteiger partial charge >= 0.3 is 0 Å². The molecule has 1 aliphatic heterocycles. The Morgan fingerprint density at radius 2 is 1.72 bits per heavy atom. The van der Waals surface area contributed by atoms with E-state index in [4.69, 9.17) is 4.42 Å². The molecule has 0 N–H and O–H groups in total. The molecule has 6 heteroatoms. The van der Waals surface area contributed by atoms with Crippen molar-refractivity contribution in [1.82, 2.24) is 5.01 Å². The van der Waals surface area contributed by atoms with E-state index < -0.39 is 5.92 Å². The number of hydrogen-bond donors (Lipinski definition) is 0. The number of carbonyl (C=O) groups excluding carboxylic acids is 2. The molecule has 0 aliphatic carbocycles. The Kier molecular flexibility index (Phi) is 4.90. The molecule has 1 atom stereocenters. The van der Waals surface area contributed by atoms with Gasteiger partial charge in [-0.15, -0.1) is 0 Å². The third kappa shape index (κ3) is 3.21. The highest BCUT2D eigenvalue weighted by atomic mass is 16.3. The molecule has 0 bridgehead atoms. The molecule has 2 heterocycles. The van der Waals surface area contributed by atoms with Crippen LogP contribution in [0.1, 0.15) is 35.2 Å². The average molecular weight is 424 g/mol. The summed E-state index contributed by atoms with van der Waals surface area (Å²) in [6.07, 6.45) is 1.64. The van der Waals surface area contributed by atoms with Gasteiger partial charge in [-0.2, -0.15) is 5.10 Å². The van der Waals surface area contributed by atoms with E-state index in [1.807, 2.05) is 36.4 Å². The lowest BCUT2D eigenvalue weighted by atomic mass is 9.89. The van der Waals surface area contributed by atoms with Crippen LogP contribution < -0.4 is 5.43 Å². The van der Waals surface area contributed by atoms with Crippen LogP contribution in [0.5, 0.6) is 0 Å². The number of benzene rings is 3. The molecule has 0 spiro atoms. The summed E-state index contributed by atoms with van der Waals surface area (Å²) in [6, 6.07) is 20.1. The monoisotopic (exact) mass is 424 g/mol. The molecule has 4 aromatic rings. The quantitative estimate of drug-likeness (QED) is 0.451. The number of fused-ring (bicyclic) bond motifs is 2. The average Bonchev–Trinajstić information content (AvgIpc) is 3.28. The number of nitrogens with zero attached hydrogens (tertiary/aromatic N) is 2. The molecule has 0 radical (unpaired) electrons. The van der Waals surface area contributed by atoms with Crippen LogP contribution in [0.15, 0.2) is 87.3 Å². The fraction of sp³-hybridized carbons (Fsp3) is 0.154. The zero-order valence-corrected chi connectivity index (χ0v) is 17.4. The first kappa shape index (κ1) is 19.9. The van der Waals surface area contributed by atoms with Crippen LogP contribution in [0, 0.1) is 0 Å². The number of Topliss-reactive ketones (excluding diaryl/α,β-unsaturated/α-hetero) is 1. The van der Waals surface area contributed by atoms with Crippen LogP contribution in [-0.2, 0) is 4.79 Å². The normalized spacial score (nSPS) is 15.8. The van der Waals surface area contributed by atoms with Crippen molar-refractivity contribution >= 4 is 39.1 Å². The highest BCUT2D eigenvalue weighted by molar-refractivity contribution is 6.50. The molecule has 1 aromatic heterocycles. The van der Waals surface area contributed by atoms with Crippen LogP contribution in [0.3, 0.4) is 0 Å². The zero-order valence-electron chi connectivity index (χ0n) is 17.4. The largest absolute Gasteiger partial charge is 0.464 e. The molecule has 0 saturated carbocycles. The molecule has 1 aliphatic rings. The predicted molar refractivity (Wildman–Crippen MR) is 123 cm³/mol. The highest BCUT2D eigenvalue weighted by Gasteiger charge is 2.37. The van der Waals surface area contributed by atoms with Gasteiger partial charge in [-0.3, -0.25) is 14.4 Å². The van der Waals surface area contributed by atoms with Crippen molar-refractivity contribution < 1.29 is 14.0 Å². The van der Waals surface area contributed by atoms with E-state index in [1.54, 1.807) is 37.3 Å². The lowest BCUT2D eigenvalue weighted by Gasteiger charge is -2.14. The highest BCUT2D eigenvalue weighted by Crippen LogP contribution is 2.29. The zero-order chi connectivity index (χ0) is 22.2. The number of ketones is 1. The van der Waals surface area contributed by atoms with Gasteiger partial charge in [0.25, 0.3) is 0 Å². The maximum atomic E-state index is 13.7. The Morgan fingerprint density at radius 1 is 1.00 bits per heavy atom. The van der Waals surface area contributed by atoms with E-state index in [-0.39, 0.29) is 35.8 Å². The minimum atomic E-state index is -0.669. The smallest absolute Gasteiger partial charge is 0.242 e. The van der Waals surface area contributed by atoms with E-state index in [1.165, 1.54) is 11.3 Å². The number of hydrazone groups is 1. The predicted octanol–water partition coefficient (Wildman–Crippen LogP) is 4.52. The number of rotatable bonds is 4. The Labute approximate surface area is 183 Å². The number of amides is 1. The summed E-state index contributed by atoms with van der Waals surface area (Å²) >= 11 is 0. The van der Waals surface area contributed by atoms with Gasteiger partial charge in [-0.1, -0.05) is 61.5 Å². The van der Waals surface area contributed by atoms with Gasteiger partial charge in [0.15, 0.2) is 5.43 Å². The second-order valence-corrected chi connectivity index (χ2v) is 7.74. The Bertz CT molecular complexity index is 1460. The number of hydrogen-bond acceptors (Lipinski definition) is 5. The topological polar surface area (TPSA) is 80.0 Å². The molecular formula is C26H20N2O4. The van der Waals surface area contributed by atoms with Crippen molar-refractivity contribution in [2.45, 2.75) is 19.3 Å². The summed E-state index contributed by atoms with van der Waals surface area (Å²) in [6.45, 7) is 1.86. The standard InChI is InChI=1S/C26H20N2O4/c1-2-23(29)28-14-20(21-15-32-22-13-6-5-11-19(22)25(21)30)24(27-28)26(31)18-12-7-9-16-8-3-4-10-17(16)18/h3-13,15,20H,2,14H2,1H3. The van der Waals surface area contributed by atoms with Crippen molar-refractivity contribution in [2.24, 2.45) is 5.10 Å². The molecule has 158 valence electrons. The van der Waals surface area contributed by atoms with E-state index in [0.717, 1.165) is 10.8 Å². The fourth-order valence-corrected chi connectivity index (χ4v) is 4.18. The molecule has 1 unspecified atom stereocenters. The SMILES string of the molecule is CCC(=O)N1CC(c2coc3ccccc3c2=O)C(C(=O)c2cccc3ccccc23)=N1. The molecule has 0 fully saturated rings. The van der Waals surface area contributed by atoms with Crippen LogP contribution in [0.25, 0.3) is 21.7 Å². The van der Waals surface area contributed by atoms with Gasteiger partial charge in [0.05, 0.1) is 24.1 Å². The maximum absolute atomic E-state index is 13.7. The Hall–Kier alpha value is -4.06. The summed E-state index contributed by atoms with van der Waals surface area (Å²) in [5.41, 5.74) is 1.23. The minimum Gasteiger partial charge on any atom is -0.464 e. The maximum Gasteiger partial charge on any atom is 0.242 e. The van der Waals surface area contributed by atoms with Crippen molar-refractivity contribution in [3.8, 4) is 0 Å². The third-order valence-corrected chi connectivity index (χ3v) is 5.85. The molecule has 5 rings (SSSR count). The van der Waals surface area contributed by atoms with Crippen molar-refractivity contribution in [2.75, 3.05) is 6.54 Å². The fourth-order valence-electron chi connectivity index (χ4n) is 4.18. The van der Waals surface area contributed by atoms with E-state index in [0.29, 0.717) is 22.1 Å². The van der Waals surface area contributed by atoms with Crippen LogP contribution in [0.2, 0.25) is 0 Å². The van der Waals surface area contributed by atoms with Crippen LogP contribution in [0.4, 0.5) is 0 Å². The number of carbonyl (C=O) groups is 2. The van der Waals surface area contributed by atoms with Gasteiger partial charge in [0.1, 0.15) is 11.3 Å². The summed E-state index contributed by atoms with van der Waals surface area (Å²) in [7, 11) is 0. The van der Waals surface area contributed by atoms with Gasteiger partial charge < -0.3 is 4.42 Å². The Balaban J connectivity index is 1.65. The first-order valence-corrected chi connectivity index (χ1v) is 10.5. The van der Waals surface area contributed by atoms with Crippen LogP contribution in [-0.4, -0.2) is 29.0 Å².